The highest BCUT2D eigenvalue weighted by atomic mass is 16.5. The van der Waals surface area contributed by atoms with Gasteiger partial charge in [0.1, 0.15) is 5.75 Å². The van der Waals surface area contributed by atoms with E-state index in [-0.39, 0.29) is 5.56 Å². The monoisotopic (exact) mass is 335 g/mol. The first-order chi connectivity index (χ1) is 12.1. The van der Waals surface area contributed by atoms with E-state index in [4.69, 9.17) is 4.74 Å². The van der Waals surface area contributed by atoms with Crippen molar-refractivity contribution in [2.24, 2.45) is 7.05 Å². The summed E-state index contributed by atoms with van der Waals surface area (Å²) in [5, 5.41) is 7.29. The second-order valence-corrected chi connectivity index (χ2v) is 5.89. The molecule has 0 spiro atoms. The number of fused-ring (bicyclic) bond motifs is 1. The SMILES string of the molecule is COc1cccc(-c2[nH]n3c(=O)cc(-c4cnn(C)c4)nc3c2C)c1. The van der Waals surface area contributed by atoms with Crippen LogP contribution in [0.2, 0.25) is 0 Å². The molecule has 1 N–H and O–H groups in total. The van der Waals surface area contributed by atoms with Crippen molar-refractivity contribution >= 4 is 5.65 Å². The van der Waals surface area contributed by atoms with E-state index in [2.05, 4.69) is 15.2 Å². The second-order valence-electron chi connectivity index (χ2n) is 5.89. The van der Waals surface area contributed by atoms with Crippen LogP contribution in [-0.4, -0.2) is 31.5 Å². The van der Waals surface area contributed by atoms with Gasteiger partial charge >= 0.3 is 0 Å². The topological polar surface area (TPSA) is 77.2 Å². The Morgan fingerprint density at radius 1 is 1.20 bits per heavy atom. The summed E-state index contributed by atoms with van der Waals surface area (Å²) >= 11 is 0. The molecule has 126 valence electrons. The number of nitrogens with one attached hydrogen (secondary N) is 1. The molecule has 0 radical (unpaired) electrons. The standard InChI is InChI=1S/C18H17N5O2/c1-11-17(12-5-4-6-14(7-12)25-3)21-23-16(24)8-15(20-18(11)23)13-9-19-22(2)10-13/h4-10,21H,1-3H3. The number of aromatic amines is 1. The number of nitrogens with zero attached hydrogens (tertiary/aromatic N) is 4. The Balaban J connectivity index is 1.93. The lowest BCUT2D eigenvalue weighted by Gasteiger charge is -2.03. The van der Waals surface area contributed by atoms with E-state index in [0.717, 1.165) is 28.1 Å². The average Bonchev–Trinajstić information content (AvgIpc) is 3.19. The van der Waals surface area contributed by atoms with Crippen molar-refractivity contribution in [1.29, 1.82) is 0 Å². The van der Waals surface area contributed by atoms with Crippen molar-refractivity contribution < 1.29 is 4.74 Å². The predicted molar refractivity (Wildman–Crippen MR) is 94.7 cm³/mol. The molecule has 25 heavy (non-hydrogen) atoms. The highest BCUT2D eigenvalue weighted by Gasteiger charge is 2.15. The van der Waals surface area contributed by atoms with E-state index in [0.29, 0.717) is 11.3 Å². The van der Waals surface area contributed by atoms with Crippen molar-refractivity contribution in [2.45, 2.75) is 6.92 Å². The third-order valence-electron chi connectivity index (χ3n) is 4.21. The molecule has 0 saturated heterocycles. The van der Waals surface area contributed by atoms with Gasteiger partial charge in [0, 0.05) is 36.0 Å². The summed E-state index contributed by atoms with van der Waals surface area (Å²) in [5.41, 5.74) is 4.53. The van der Waals surface area contributed by atoms with Crippen LogP contribution in [0.5, 0.6) is 5.75 Å². The number of hydrogen-bond acceptors (Lipinski definition) is 4. The molecule has 3 aromatic heterocycles. The number of hydrogen-bond donors (Lipinski definition) is 1. The zero-order chi connectivity index (χ0) is 17.6. The minimum absolute atomic E-state index is 0.166. The van der Waals surface area contributed by atoms with Crippen LogP contribution in [0.4, 0.5) is 0 Å². The van der Waals surface area contributed by atoms with Gasteiger partial charge < -0.3 is 4.74 Å². The first-order valence-corrected chi connectivity index (χ1v) is 7.82. The fourth-order valence-electron chi connectivity index (χ4n) is 2.91. The molecule has 7 heteroatoms. The largest absolute Gasteiger partial charge is 0.497 e. The molecule has 0 aliphatic rings. The summed E-state index contributed by atoms with van der Waals surface area (Å²) in [5.74, 6) is 0.756. The van der Waals surface area contributed by atoms with Crippen LogP contribution in [0.1, 0.15) is 5.56 Å². The minimum Gasteiger partial charge on any atom is -0.497 e. The zero-order valence-electron chi connectivity index (χ0n) is 14.1. The van der Waals surface area contributed by atoms with Gasteiger partial charge in [-0.2, -0.15) is 5.10 Å². The Hall–Kier alpha value is -3.35. The highest BCUT2D eigenvalue weighted by molar-refractivity contribution is 5.72. The Kier molecular flexibility index (Phi) is 3.42. The van der Waals surface area contributed by atoms with Gasteiger partial charge in [0.15, 0.2) is 5.65 Å². The Labute approximate surface area is 143 Å². The van der Waals surface area contributed by atoms with Crippen molar-refractivity contribution in [1.82, 2.24) is 24.4 Å². The van der Waals surface area contributed by atoms with Crippen molar-refractivity contribution in [3.8, 4) is 28.3 Å². The third-order valence-corrected chi connectivity index (χ3v) is 4.21. The third kappa shape index (κ3) is 2.50. The van der Waals surface area contributed by atoms with Crippen LogP contribution in [0.15, 0.2) is 47.5 Å². The molecule has 7 nitrogen and oxygen atoms in total. The maximum Gasteiger partial charge on any atom is 0.273 e. The molecule has 0 amide bonds. The normalized spacial score (nSPS) is 11.2. The van der Waals surface area contributed by atoms with Crippen LogP contribution in [0.25, 0.3) is 28.2 Å². The molecular formula is C18H17N5O2. The van der Waals surface area contributed by atoms with E-state index in [1.807, 2.05) is 44.4 Å². The summed E-state index contributed by atoms with van der Waals surface area (Å²) < 4.78 is 8.43. The number of aryl methyl sites for hydroxylation is 2. The average molecular weight is 335 g/mol. The predicted octanol–water partition coefficient (Wildman–Crippen LogP) is 2.41. The fourth-order valence-corrected chi connectivity index (χ4v) is 2.91. The van der Waals surface area contributed by atoms with Gasteiger partial charge in [-0.05, 0) is 19.1 Å². The first kappa shape index (κ1) is 15.2. The first-order valence-electron chi connectivity index (χ1n) is 7.82. The molecule has 4 aromatic rings. The lowest BCUT2D eigenvalue weighted by Crippen LogP contribution is -2.14. The maximum absolute atomic E-state index is 12.5. The van der Waals surface area contributed by atoms with E-state index >= 15 is 0 Å². The van der Waals surface area contributed by atoms with E-state index in [1.54, 1.807) is 18.0 Å². The lowest BCUT2D eigenvalue weighted by molar-refractivity contribution is 0.415. The fraction of sp³-hybridized carbons (Fsp3) is 0.167. The van der Waals surface area contributed by atoms with Gasteiger partial charge in [-0.25, -0.2) is 9.50 Å². The Bertz CT molecular complexity index is 1140. The smallest absolute Gasteiger partial charge is 0.273 e. The molecule has 0 bridgehead atoms. The molecule has 0 saturated carbocycles. The molecule has 0 aliphatic heterocycles. The molecule has 0 fully saturated rings. The number of aromatic nitrogens is 5. The number of H-pyrrole nitrogens is 1. The molecular weight excluding hydrogens is 318 g/mol. The van der Waals surface area contributed by atoms with E-state index < -0.39 is 0 Å². The van der Waals surface area contributed by atoms with Crippen LogP contribution in [0, 0.1) is 6.92 Å². The molecule has 0 aliphatic carbocycles. The molecule has 0 unspecified atom stereocenters. The Morgan fingerprint density at radius 2 is 2.04 bits per heavy atom. The van der Waals surface area contributed by atoms with Crippen molar-refractivity contribution in [2.75, 3.05) is 7.11 Å². The maximum atomic E-state index is 12.5. The molecule has 0 atom stereocenters. The van der Waals surface area contributed by atoms with Gasteiger partial charge in [0.25, 0.3) is 5.56 Å². The quantitative estimate of drug-likeness (QED) is 0.624. The zero-order valence-corrected chi connectivity index (χ0v) is 14.1. The molecule has 1 aromatic carbocycles. The van der Waals surface area contributed by atoms with Crippen LogP contribution in [-0.2, 0) is 7.05 Å². The van der Waals surface area contributed by atoms with Crippen LogP contribution >= 0.6 is 0 Å². The highest BCUT2D eigenvalue weighted by Crippen LogP contribution is 2.27. The van der Waals surface area contributed by atoms with E-state index in [1.165, 1.54) is 10.6 Å². The van der Waals surface area contributed by atoms with Gasteiger partial charge in [0.2, 0.25) is 0 Å². The molecule has 4 rings (SSSR count). The molecule has 3 heterocycles. The summed E-state index contributed by atoms with van der Waals surface area (Å²) in [7, 11) is 3.46. The minimum atomic E-state index is -0.166. The number of methoxy groups -OCH3 is 1. The van der Waals surface area contributed by atoms with Crippen LogP contribution < -0.4 is 10.3 Å². The van der Waals surface area contributed by atoms with Gasteiger partial charge in [-0.1, -0.05) is 12.1 Å². The van der Waals surface area contributed by atoms with Gasteiger partial charge in [0.05, 0.1) is 24.7 Å². The van der Waals surface area contributed by atoms with Crippen molar-refractivity contribution in [3.63, 3.8) is 0 Å². The van der Waals surface area contributed by atoms with Gasteiger partial charge in [-0.15, -0.1) is 0 Å². The summed E-state index contributed by atoms with van der Waals surface area (Å²) in [4.78, 5) is 17.2. The van der Waals surface area contributed by atoms with Crippen molar-refractivity contribution in [3.05, 3.63) is 58.6 Å². The number of ether oxygens (including phenoxy) is 1. The summed E-state index contributed by atoms with van der Waals surface area (Å²) in [6.07, 6.45) is 3.53. The number of rotatable bonds is 3. The lowest BCUT2D eigenvalue weighted by atomic mass is 10.1. The summed E-state index contributed by atoms with van der Waals surface area (Å²) in [6.45, 7) is 1.94. The van der Waals surface area contributed by atoms with E-state index in [9.17, 15) is 4.79 Å². The van der Waals surface area contributed by atoms with Gasteiger partial charge in [-0.3, -0.25) is 14.6 Å². The van der Waals surface area contributed by atoms with Crippen LogP contribution in [0.3, 0.4) is 0 Å². The Morgan fingerprint density at radius 3 is 2.76 bits per heavy atom. The number of benzene rings is 1. The second kappa shape index (κ2) is 5.62. The summed E-state index contributed by atoms with van der Waals surface area (Å²) in [6, 6.07) is 9.19.